The Hall–Kier alpha value is -1.77. The highest BCUT2D eigenvalue weighted by molar-refractivity contribution is 5.95. The van der Waals surface area contributed by atoms with Crippen LogP contribution in [0.15, 0.2) is 36.1 Å². The molecule has 0 amide bonds. The molecule has 0 aliphatic heterocycles. The van der Waals surface area contributed by atoms with Gasteiger partial charge in [0.2, 0.25) is 0 Å². The molecule has 3 nitrogen and oxygen atoms in total. The minimum atomic E-state index is -0.342. The van der Waals surface area contributed by atoms with Crippen LogP contribution >= 0.6 is 0 Å². The van der Waals surface area contributed by atoms with Crippen molar-refractivity contribution in [1.82, 2.24) is 0 Å². The van der Waals surface area contributed by atoms with Gasteiger partial charge in [0.15, 0.2) is 0 Å². The highest BCUT2D eigenvalue weighted by Crippen LogP contribution is 2.59. The van der Waals surface area contributed by atoms with Crippen LogP contribution in [0.1, 0.15) is 37.0 Å². The number of ether oxygens (including phenoxy) is 1. The molecule has 2 atom stereocenters. The van der Waals surface area contributed by atoms with Gasteiger partial charge >= 0.3 is 5.97 Å². The average Bonchev–Trinajstić information content (AvgIpc) is 2.39. The van der Waals surface area contributed by atoms with Crippen molar-refractivity contribution in [1.29, 1.82) is 0 Å². The lowest BCUT2D eigenvalue weighted by Crippen LogP contribution is -2.48. The third-order valence-corrected chi connectivity index (χ3v) is 4.81. The van der Waals surface area contributed by atoms with Crippen LogP contribution in [-0.4, -0.2) is 5.97 Å². The van der Waals surface area contributed by atoms with Crippen LogP contribution in [0, 0.1) is 17.3 Å². The third kappa shape index (κ3) is 1.84. The number of hydrogen-bond acceptors (Lipinski definition) is 3. The number of allylic oxidation sites excluding steroid dienone is 2. The van der Waals surface area contributed by atoms with Gasteiger partial charge in [-0.25, -0.2) is 4.79 Å². The fourth-order valence-corrected chi connectivity index (χ4v) is 3.26. The van der Waals surface area contributed by atoms with Crippen molar-refractivity contribution in [2.45, 2.75) is 26.7 Å². The van der Waals surface area contributed by atoms with E-state index in [2.05, 4.69) is 19.9 Å². The van der Waals surface area contributed by atoms with Crippen LogP contribution in [0.25, 0.3) is 0 Å². The van der Waals surface area contributed by atoms with Gasteiger partial charge < -0.3 is 10.5 Å². The molecule has 1 aromatic rings. The van der Waals surface area contributed by atoms with Gasteiger partial charge in [-0.1, -0.05) is 26.0 Å². The Morgan fingerprint density at radius 2 is 2.11 bits per heavy atom. The lowest BCUT2D eigenvalue weighted by molar-refractivity contribution is -0.0393. The SMILES string of the molecule is CC1(C)[C@H]2CC=C(OC(=O)c3ccccc3N)[C@@H]1C2. The summed E-state index contributed by atoms with van der Waals surface area (Å²) in [7, 11) is 0. The summed E-state index contributed by atoms with van der Waals surface area (Å²) < 4.78 is 5.59. The fraction of sp³-hybridized carbons (Fsp3) is 0.438. The quantitative estimate of drug-likeness (QED) is 0.652. The van der Waals surface area contributed by atoms with Gasteiger partial charge in [-0.15, -0.1) is 0 Å². The molecule has 0 spiro atoms. The highest BCUT2D eigenvalue weighted by atomic mass is 16.5. The first-order valence-electron chi connectivity index (χ1n) is 6.77. The van der Waals surface area contributed by atoms with E-state index >= 15 is 0 Å². The second-order valence-electron chi connectivity index (χ2n) is 6.13. The van der Waals surface area contributed by atoms with Gasteiger partial charge in [0, 0.05) is 11.6 Å². The number of carbonyl (C=O) groups is 1. The minimum absolute atomic E-state index is 0.257. The van der Waals surface area contributed by atoms with Crippen molar-refractivity contribution in [3.05, 3.63) is 41.7 Å². The van der Waals surface area contributed by atoms with E-state index in [9.17, 15) is 4.79 Å². The van der Waals surface area contributed by atoms with Gasteiger partial charge in [-0.3, -0.25) is 0 Å². The van der Waals surface area contributed by atoms with Crippen molar-refractivity contribution in [3.63, 3.8) is 0 Å². The Kier molecular flexibility index (Phi) is 2.66. The highest BCUT2D eigenvalue weighted by Gasteiger charge is 2.52. The molecule has 100 valence electrons. The van der Waals surface area contributed by atoms with Crippen LogP contribution in [0.5, 0.6) is 0 Å². The van der Waals surface area contributed by atoms with Crippen molar-refractivity contribution >= 4 is 11.7 Å². The van der Waals surface area contributed by atoms with Gasteiger partial charge in [-0.05, 0) is 42.4 Å². The number of para-hydroxylation sites is 1. The molecule has 19 heavy (non-hydrogen) atoms. The van der Waals surface area contributed by atoms with E-state index in [4.69, 9.17) is 10.5 Å². The molecule has 4 rings (SSSR count). The standard InChI is InChI=1S/C16H19NO2/c1-16(2)10-7-8-14(12(16)9-10)19-15(18)11-5-3-4-6-13(11)17/h3-6,8,10,12H,7,9,17H2,1-2H3/t10-,12-/m0/s1. The van der Waals surface area contributed by atoms with Gasteiger partial charge in [0.25, 0.3) is 0 Å². The van der Waals surface area contributed by atoms with Crippen molar-refractivity contribution < 1.29 is 9.53 Å². The van der Waals surface area contributed by atoms with E-state index < -0.39 is 0 Å². The molecule has 3 aliphatic rings. The van der Waals surface area contributed by atoms with Gasteiger partial charge in [0.1, 0.15) is 5.76 Å². The monoisotopic (exact) mass is 257 g/mol. The number of nitrogen functional groups attached to an aromatic ring is 1. The van der Waals surface area contributed by atoms with Crippen LogP contribution in [0.2, 0.25) is 0 Å². The Bertz CT molecular complexity index is 560. The smallest absolute Gasteiger partial charge is 0.345 e. The number of carbonyl (C=O) groups excluding carboxylic acids is 1. The number of hydrogen-bond donors (Lipinski definition) is 1. The predicted octanol–water partition coefficient (Wildman–Crippen LogP) is 3.38. The predicted molar refractivity (Wildman–Crippen MR) is 74.3 cm³/mol. The summed E-state index contributed by atoms with van der Waals surface area (Å²) in [5.74, 6) is 1.60. The molecule has 1 aromatic carbocycles. The summed E-state index contributed by atoms with van der Waals surface area (Å²) in [6.07, 6.45) is 4.22. The molecule has 3 aliphatic carbocycles. The maximum absolute atomic E-state index is 12.2. The number of nitrogens with two attached hydrogens (primary N) is 1. The first-order valence-corrected chi connectivity index (χ1v) is 6.77. The minimum Gasteiger partial charge on any atom is -0.427 e. The molecule has 1 saturated carbocycles. The first kappa shape index (κ1) is 12.3. The summed E-state index contributed by atoms with van der Waals surface area (Å²) in [4.78, 5) is 12.2. The number of anilines is 1. The second-order valence-corrected chi connectivity index (χ2v) is 6.13. The maximum Gasteiger partial charge on any atom is 0.345 e. The molecular formula is C16H19NO2. The lowest BCUT2D eigenvalue weighted by atomic mass is 9.50. The molecule has 0 heterocycles. The first-order chi connectivity index (χ1) is 9.00. The van der Waals surface area contributed by atoms with E-state index in [1.807, 2.05) is 6.07 Å². The molecule has 3 heteroatoms. The van der Waals surface area contributed by atoms with Crippen LogP contribution in [0.4, 0.5) is 5.69 Å². The molecule has 0 aromatic heterocycles. The maximum atomic E-state index is 12.2. The molecular weight excluding hydrogens is 238 g/mol. The summed E-state index contributed by atoms with van der Waals surface area (Å²) in [6, 6.07) is 7.03. The summed E-state index contributed by atoms with van der Waals surface area (Å²) >= 11 is 0. The van der Waals surface area contributed by atoms with E-state index in [0.29, 0.717) is 17.2 Å². The molecule has 0 saturated heterocycles. The van der Waals surface area contributed by atoms with Crippen molar-refractivity contribution in [2.24, 2.45) is 17.3 Å². The summed E-state index contributed by atoms with van der Waals surface area (Å²) in [5.41, 5.74) is 6.97. The van der Waals surface area contributed by atoms with Crippen LogP contribution in [0.3, 0.4) is 0 Å². The van der Waals surface area contributed by atoms with Crippen molar-refractivity contribution in [2.75, 3.05) is 5.73 Å². The number of rotatable bonds is 2. The zero-order chi connectivity index (χ0) is 13.6. The van der Waals surface area contributed by atoms with E-state index in [0.717, 1.165) is 24.5 Å². The summed E-state index contributed by atoms with van der Waals surface area (Å²) in [5, 5.41) is 0. The average molecular weight is 257 g/mol. The van der Waals surface area contributed by atoms with Gasteiger partial charge in [-0.2, -0.15) is 0 Å². The van der Waals surface area contributed by atoms with Crippen molar-refractivity contribution in [3.8, 4) is 0 Å². The molecule has 1 fully saturated rings. The fourth-order valence-electron chi connectivity index (χ4n) is 3.26. The second kappa shape index (κ2) is 4.12. The number of benzene rings is 1. The lowest BCUT2D eigenvalue weighted by Gasteiger charge is -2.55. The molecule has 0 unspecified atom stereocenters. The van der Waals surface area contributed by atoms with Crippen LogP contribution in [-0.2, 0) is 4.74 Å². The Balaban J connectivity index is 1.78. The number of fused-ring (bicyclic) bond motifs is 1. The Morgan fingerprint density at radius 3 is 2.74 bits per heavy atom. The van der Waals surface area contributed by atoms with E-state index in [-0.39, 0.29) is 11.4 Å². The molecule has 0 radical (unpaired) electrons. The van der Waals surface area contributed by atoms with Crippen LogP contribution < -0.4 is 5.73 Å². The molecule has 2 bridgehead atoms. The Labute approximate surface area is 113 Å². The third-order valence-electron chi connectivity index (χ3n) is 4.81. The Morgan fingerprint density at radius 1 is 1.37 bits per heavy atom. The molecule has 2 N–H and O–H groups in total. The zero-order valence-electron chi connectivity index (χ0n) is 11.3. The zero-order valence-corrected chi connectivity index (χ0v) is 11.3. The normalized spacial score (nSPS) is 27.2. The van der Waals surface area contributed by atoms with E-state index in [1.165, 1.54) is 0 Å². The van der Waals surface area contributed by atoms with Gasteiger partial charge in [0.05, 0.1) is 5.56 Å². The topological polar surface area (TPSA) is 52.3 Å². The van der Waals surface area contributed by atoms with E-state index in [1.54, 1.807) is 18.2 Å². The number of esters is 1. The summed E-state index contributed by atoms with van der Waals surface area (Å²) in [6.45, 7) is 4.51. The largest absolute Gasteiger partial charge is 0.427 e.